The number of rotatable bonds is 6. The van der Waals surface area contributed by atoms with Gasteiger partial charge in [-0.05, 0) is 35.2 Å². The lowest BCUT2D eigenvalue weighted by atomic mass is 9.95. The average Bonchev–Trinajstić information content (AvgIpc) is 3.87. The van der Waals surface area contributed by atoms with Crippen molar-refractivity contribution in [1.29, 1.82) is 0 Å². The molecule has 0 amide bonds. The van der Waals surface area contributed by atoms with Gasteiger partial charge < -0.3 is 0 Å². The Labute approximate surface area is 327 Å². The maximum absolute atomic E-state index is 5.40. The maximum atomic E-state index is 5.40. The molecule has 7 aromatic carbocycles. The Kier molecular flexibility index (Phi) is 7.64. The van der Waals surface area contributed by atoms with Crippen LogP contribution in [0.3, 0.4) is 0 Å². The molecule has 0 saturated carbocycles. The summed E-state index contributed by atoms with van der Waals surface area (Å²) >= 11 is 1.82. The summed E-state index contributed by atoms with van der Waals surface area (Å²) in [4.78, 5) is 10.4. The van der Waals surface area contributed by atoms with Crippen LogP contribution in [0.4, 0.5) is 0 Å². The summed E-state index contributed by atoms with van der Waals surface area (Å²) in [5, 5.41) is 10.2. The molecule has 4 nitrogen and oxygen atoms in total. The van der Waals surface area contributed by atoms with Gasteiger partial charge in [0, 0.05) is 58.9 Å². The summed E-state index contributed by atoms with van der Waals surface area (Å²) in [5.41, 5.74) is 12.3. The number of nitrogens with zero attached hydrogens (tertiary/aromatic N) is 4. The van der Waals surface area contributed by atoms with Crippen molar-refractivity contribution in [3.63, 3.8) is 0 Å². The minimum absolute atomic E-state index is 0.701. The molecule has 0 saturated heterocycles. The first-order valence-electron chi connectivity index (χ1n) is 18.8. The molecule has 0 unspecified atom stereocenters. The minimum atomic E-state index is 0.701. The van der Waals surface area contributed by atoms with E-state index in [0.717, 1.165) is 72.6 Å². The van der Waals surface area contributed by atoms with Gasteiger partial charge in [0.15, 0.2) is 5.82 Å². The number of benzene rings is 7. The fourth-order valence-electron chi connectivity index (χ4n) is 8.02. The Bertz CT molecular complexity index is 3220. The number of aromatic nitrogens is 4. The molecular formula is C51H32N4S. The number of fused-ring (bicyclic) bond motifs is 6. The molecule has 0 bridgehead atoms. The van der Waals surface area contributed by atoms with Crippen molar-refractivity contribution in [2.75, 3.05) is 0 Å². The normalized spacial score (nSPS) is 11.6. The molecule has 5 heteroatoms. The molecule has 0 atom stereocenters. The summed E-state index contributed by atoms with van der Waals surface area (Å²) in [7, 11) is 0. The van der Waals surface area contributed by atoms with Crippen LogP contribution in [0.25, 0.3) is 104 Å². The Balaban J connectivity index is 1.12. The van der Waals surface area contributed by atoms with Gasteiger partial charge in [0.25, 0.3) is 0 Å². The highest BCUT2D eigenvalue weighted by molar-refractivity contribution is 7.25. The van der Waals surface area contributed by atoms with Gasteiger partial charge in [-0.25, -0.2) is 14.5 Å². The van der Waals surface area contributed by atoms with Gasteiger partial charge in [-0.1, -0.05) is 170 Å². The van der Waals surface area contributed by atoms with E-state index in [1.54, 1.807) is 0 Å². The third-order valence-electron chi connectivity index (χ3n) is 10.6. The second-order valence-corrected chi connectivity index (χ2v) is 15.1. The molecule has 262 valence electrons. The van der Waals surface area contributed by atoms with E-state index in [4.69, 9.17) is 15.1 Å². The van der Waals surface area contributed by atoms with Gasteiger partial charge in [-0.2, -0.15) is 5.10 Å². The van der Waals surface area contributed by atoms with Crippen molar-refractivity contribution in [2.24, 2.45) is 0 Å². The van der Waals surface area contributed by atoms with Crippen molar-refractivity contribution in [1.82, 2.24) is 19.6 Å². The van der Waals surface area contributed by atoms with E-state index in [2.05, 4.69) is 180 Å². The molecule has 4 heterocycles. The molecular weight excluding hydrogens is 701 g/mol. The first kappa shape index (κ1) is 32.2. The van der Waals surface area contributed by atoms with Gasteiger partial charge in [0.05, 0.1) is 22.6 Å². The number of pyridine rings is 1. The molecule has 0 fully saturated rings. The van der Waals surface area contributed by atoms with Crippen LogP contribution < -0.4 is 0 Å². The number of thiophene rings is 1. The summed E-state index contributed by atoms with van der Waals surface area (Å²) in [6, 6.07) is 68.4. The van der Waals surface area contributed by atoms with Crippen LogP contribution in [0.5, 0.6) is 0 Å². The lowest BCUT2D eigenvalue weighted by Crippen LogP contribution is -1.96. The lowest BCUT2D eigenvalue weighted by molar-refractivity contribution is 0.979. The summed E-state index contributed by atoms with van der Waals surface area (Å²) in [6.07, 6.45) is 0. The highest BCUT2D eigenvalue weighted by Gasteiger charge is 2.22. The molecule has 11 rings (SSSR count). The Morgan fingerprint density at radius 3 is 1.80 bits per heavy atom. The van der Waals surface area contributed by atoms with Crippen molar-refractivity contribution in [3.8, 4) is 67.5 Å². The zero-order valence-corrected chi connectivity index (χ0v) is 31.0. The molecule has 0 aliphatic heterocycles. The van der Waals surface area contributed by atoms with Crippen LogP contribution in [-0.2, 0) is 0 Å². The molecule has 0 N–H and O–H groups in total. The van der Waals surface area contributed by atoms with Gasteiger partial charge in [-0.3, -0.25) is 0 Å². The Morgan fingerprint density at radius 1 is 0.429 bits per heavy atom. The van der Waals surface area contributed by atoms with E-state index in [9.17, 15) is 0 Å². The molecule has 0 spiro atoms. The zero-order valence-electron chi connectivity index (χ0n) is 30.2. The van der Waals surface area contributed by atoms with Crippen molar-refractivity contribution in [2.45, 2.75) is 0 Å². The van der Waals surface area contributed by atoms with Crippen LogP contribution in [0.1, 0.15) is 0 Å². The smallest absolute Gasteiger partial charge is 0.160 e. The van der Waals surface area contributed by atoms with Gasteiger partial charge >= 0.3 is 0 Å². The van der Waals surface area contributed by atoms with Crippen LogP contribution in [-0.4, -0.2) is 19.6 Å². The Morgan fingerprint density at radius 2 is 1.04 bits per heavy atom. The zero-order chi connectivity index (χ0) is 37.0. The summed E-state index contributed by atoms with van der Waals surface area (Å²) in [5.74, 6) is 0.701. The van der Waals surface area contributed by atoms with E-state index in [-0.39, 0.29) is 0 Å². The molecule has 56 heavy (non-hydrogen) atoms. The second-order valence-electron chi connectivity index (χ2n) is 14.0. The van der Waals surface area contributed by atoms with Gasteiger partial charge in [0.1, 0.15) is 5.69 Å². The molecule has 4 aromatic heterocycles. The predicted octanol–water partition coefficient (Wildman–Crippen LogP) is 13.6. The van der Waals surface area contributed by atoms with E-state index in [1.165, 1.54) is 25.6 Å². The first-order valence-corrected chi connectivity index (χ1v) is 19.6. The van der Waals surface area contributed by atoms with E-state index < -0.39 is 0 Å². The van der Waals surface area contributed by atoms with Crippen molar-refractivity contribution >= 4 is 47.8 Å². The summed E-state index contributed by atoms with van der Waals surface area (Å²) in [6.45, 7) is 0. The monoisotopic (exact) mass is 732 g/mol. The van der Waals surface area contributed by atoms with E-state index >= 15 is 0 Å². The fraction of sp³-hybridized carbons (Fsp3) is 0. The average molecular weight is 733 g/mol. The predicted molar refractivity (Wildman–Crippen MR) is 234 cm³/mol. The number of hydrogen-bond acceptors (Lipinski definition) is 4. The van der Waals surface area contributed by atoms with E-state index in [1.807, 2.05) is 29.5 Å². The van der Waals surface area contributed by atoms with Crippen LogP contribution >= 0.6 is 11.3 Å². The second kappa shape index (κ2) is 13.3. The largest absolute Gasteiger partial charge is 0.231 e. The number of hydrogen-bond donors (Lipinski definition) is 0. The highest BCUT2D eigenvalue weighted by atomic mass is 32.1. The van der Waals surface area contributed by atoms with Gasteiger partial charge in [-0.15, -0.1) is 11.3 Å². The SMILES string of the molecule is c1ccc(-c2nc(-c3ccc(-c4c(-c5ccccc5)nn5c(-c6ccccc6)cc6ccccc6c45)cc3)cc(-c3cccc4sc5ccccc5c34)n2)cc1. The van der Waals surface area contributed by atoms with Crippen LogP contribution in [0.2, 0.25) is 0 Å². The summed E-state index contributed by atoms with van der Waals surface area (Å²) < 4.78 is 4.66. The lowest BCUT2D eigenvalue weighted by Gasteiger charge is -2.12. The van der Waals surface area contributed by atoms with Crippen molar-refractivity contribution in [3.05, 3.63) is 194 Å². The topological polar surface area (TPSA) is 43.1 Å². The third kappa shape index (κ3) is 5.40. The van der Waals surface area contributed by atoms with Gasteiger partial charge in [0.2, 0.25) is 0 Å². The fourth-order valence-corrected chi connectivity index (χ4v) is 9.15. The Hall–Kier alpha value is -7.21. The highest BCUT2D eigenvalue weighted by Crippen LogP contribution is 2.43. The molecule has 11 aromatic rings. The third-order valence-corrected chi connectivity index (χ3v) is 11.8. The molecule has 0 aliphatic rings. The maximum Gasteiger partial charge on any atom is 0.160 e. The standard InChI is InChI=1S/C51H32N4S/c1-4-15-34(16-5-1)44-31-38-21-10-11-22-39(38)50-47(49(54-55(44)50)36-17-6-2-7-18-36)35-29-27-33(28-30-35)42-32-43(53-51(52-42)37-19-8-3-9-20-37)40-24-14-26-46-48(40)41-23-12-13-25-45(41)56-46/h1-32H. The van der Waals surface area contributed by atoms with Crippen molar-refractivity contribution < 1.29 is 0 Å². The molecule has 0 aliphatic carbocycles. The quantitative estimate of drug-likeness (QED) is 0.171. The molecule has 0 radical (unpaired) electrons. The van der Waals surface area contributed by atoms with Crippen LogP contribution in [0.15, 0.2) is 194 Å². The van der Waals surface area contributed by atoms with E-state index in [0.29, 0.717) is 5.82 Å². The van der Waals surface area contributed by atoms with Crippen LogP contribution in [0, 0.1) is 0 Å². The minimum Gasteiger partial charge on any atom is -0.231 e. The first-order chi connectivity index (χ1) is 27.8.